The van der Waals surface area contributed by atoms with E-state index in [9.17, 15) is 12.8 Å². The zero-order valence-corrected chi connectivity index (χ0v) is 10.3. The van der Waals surface area contributed by atoms with E-state index < -0.39 is 21.6 Å². The first-order valence-corrected chi connectivity index (χ1v) is 7.11. The van der Waals surface area contributed by atoms with Gasteiger partial charge in [-0.25, -0.2) is 17.9 Å². The van der Waals surface area contributed by atoms with Crippen molar-refractivity contribution in [3.8, 4) is 0 Å². The topological polar surface area (TPSA) is 78.6 Å². The highest BCUT2D eigenvalue weighted by Crippen LogP contribution is 2.46. The van der Waals surface area contributed by atoms with E-state index in [1.165, 1.54) is 6.07 Å². The normalized spacial score (nSPS) is 21.4. The van der Waals surface area contributed by atoms with Crippen LogP contribution in [0.1, 0.15) is 17.5 Å². The maximum Gasteiger partial charge on any atom is 0.238 e. The Kier molecular flexibility index (Phi) is 2.50. The van der Waals surface area contributed by atoms with Crippen molar-refractivity contribution >= 4 is 10.0 Å². The Morgan fingerprint density at radius 3 is 2.56 bits per heavy atom. The molecule has 2 N–H and O–H groups in total. The highest BCUT2D eigenvalue weighted by molar-refractivity contribution is 7.89. The minimum absolute atomic E-state index is 0.113. The quantitative estimate of drug-likeness (QED) is 0.813. The van der Waals surface area contributed by atoms with Gasteiger partial charge in [0.1, 0.15) is 5.82 Å². The van der Waals surface area contributed by atoms with E-state index in [-0.39, 0.29) is 10.5 Å². The van der Waals surface area contributed by atoms with E-state index >= 15 is 0 Å². The predicted octanol–water partition coefficient (Wildman–Crippen LogP) is 0.619. The van der Waals surface area contributed by atoms with E-state index in [0.29, 0.717) is 31.6 Å². The summed E-state index contributed by atoms with van der Waals surface area (Å²) in [6.45, 7) is 0.722. The van der Waals surface area contributed by atoms with Crippen molar-refractivity contribution in [1.29, 1.82) is 0 Å². The van der Waals surface area contributed by atoms with Crippen molar-refractivity contribution in [2.75, 3.05) is 13.2 Å². The van der Waals surface area contributed by atoms with Gasteiger partial charge in [0.25, 0.3) is 0 Å². The van der Waals surface area contributed by atoms with Crippen molar-refractivity contribution in [1.82, 2.24) is 0 Å². The van der Waals surface area contributed by atoms with E-state index in [2.05, 4.69) is 0 Å². The molecule has 0 unspecified atom stereocenters. The first kappa shape index (κ1) is 12.0. The lowest BCUT2D eigenvalue weighted by Gasteiger charge is -2.24. The molecule has 0 amide bonds. The molecule has 1 fully saturated rings. The van der Waals surface area contributed by atoms with E-state index in [1.807, 2.05) is 0 Å². The lowest BCUT2D eigenvalue weighted by Crippen LogP contribution is -2.27. The Morgan fingerprint density at radius 1 is 1.28 bits per heavy atom. The minimum atomic E-state index is -3.93. The molecule has 1 aliphatic heterocycles. The van der Waals surface area contributed by atoms with E-state index in [4.69, 9.17) is 14.6 Å². The molecule has 3 rings (SSSR count). The lowest BCUT2D eigenvalue weighted by atomic mass is 10.1. The fraction of sp³-hybridized carbons (Fsp3) is 0.455. The summed E-state index contributed by atoms with van der Waals surface area (Å²) in [6, 6.07) is 2.29. The second-order valence-electron chi connectivity index (χ2n) is 4.39. The molecule has 0 saturated carbocycles. The molecule has 18 heavy (non-hydrogen) atoms. The Balaban J connectivity index is 2.30. The maximum atomic E-state index is 13.7. The number of halogens is 1. The standard InChI is InChI=1S/C11H12FNO4S/c12-8-1-2-9(18(13,14)15)10-7(8)3-4-11(10)16-5-6-17-11/h1-2H,3-6H2,(H2,13,14,15). The first-order valence-electron chi connectivity index (χ1n) is 5.57. The van der Waals surface area contributed by atoms with Crippen molar-refractivity contribution < 1.29 is 22.3 Å². The number of ether oxygens (including phenoxy) is 2. The molecule has 1 aliphatic carbocycles. The highest BCUT2D eigenvalue weighted by atomic mass is 32.2. The molecule has 7 heteroatoms. The molecule has 2 aliphatic rings. The van der Waals surface area contributed by atoms with Gasteiger partial charge in [-0.1, -0.05) is 0 Å². The lowest BCUT2D eigenvalue weighted by molar-refractivity contribution is -0.164. The van der Waals surface area contributed by atoms with Crippen LogP contribution in [0.3, 0.4) is 0 Å². The molecule has 0 aromatic heterocycles. The number of hydrogen-bond acceptors (Lipinski definition) is 4. The number of nitrogens with two attached hydrogens (primary N) is 1. The summed E-state index contributed by atoms with van der Waals surface area (Å²) in [7, 11) is -3.93. The van der Waals surface area contributed by atoms with Gasteiger partial charge in [-0.05, 0) is 24.1 Å². The molecule has 0 radical (unpaired) electrons. The van der Waals surface area contributed by atoms with Crippen molar-refractivity contribution in [2.24, 2.45) is 5.14 Å². The summed E-state index contributed by atoms with van der Waals surface area (Å²) in [4.78, 5) is -0.113. The van der Waals surface area contributed by atoms with Gasteiger partial charge >= 0.3 is 0 Å². The third-order valence-corrected chi connectivity index (χ3v) is 4.32. The zero-order chi connectivity index (χ0) is 13.0. The largest absolute Gasteiger partial charge is 0.343 e. The number of fused-ring (bicyclic) bond motifs is 2. The molecule has 0 bridgehead atoms. The average molecular weight is 273 g/mol. The van der Waals surface area contributed by atoms with Gasteiger partial charge in [-0.2, -0.15) is 0 Å². The fourth-order valence-corrected chi connectivity index (χ4v) is 3.48. The number of benzene rings is 1. The summed E-state index contributed by atoms with van der Waals surface area (Å²) in [5.41, 5.74) is 0.561. The summed E-state index contributed by atoms with van der Waals surface area (Å²) in [6.07, 6.45) is 0.788. The molecule has 98 valence electrons. The van der Waals surface area contributed by atoms with Crippen LogP contribution >= 0.6 is 0 Å². The summed E-state index contributed by atoms with van der Waals surface area (Å²) in [5, 5.41) is 5.17. The van der Waals surface area contributed by atoms with E-state index in [1.54, 1.807) is 0 Å². The Labute approximate surface area is 104 Å². The zero-order valence-electron chi connectivity index (χ0n) is 9.48. The summed E-state index contributed by atoms with van der Waals surface area (Å²) >= 11 is 0. The Morgan fingerprint density at radius 2 is 1.94 bits per heavy atom. The fourth-order valence-electron chi connectivity index (χ4n) is 2.66. The van der Waals surface area contributed by atoms with Gasteiger partial charge in [0.2, 0.25) is 10.0 Å². The SMILES string of the molecule is NS(=O)(=O)c1ccc(F)c2c1C1(CC2)OCCO1. The first-order chi connectivity index (χ1) is 8.44. The van der Waals surface area contributed by atoms with E-state index in [0.717, 1.165) is 6.07 Å². The molecule has 1 spiro atoms. The molecule has 1 aromatic rings. The molecule has 1 heterocycles. The molecular weight excluding hydrogens is 261 g/mol. The van der Waals surface area contributed by atoms with Gasteiger partial charge < -0.3 is 9.47 Å². The van der Waals surface area contributed by atoms with Gasteiger partial charge in [-0.15, -0.1) is 0 Å². The second-order valence-corrected chi connectivity index (χ2v) is 5.92. The van der Waals surface area contributed by atoms with Gasteiger partial charge in [-0.3, -0.25) is 0 Å². The van der Waals surface area contributed by atoms with Crippen LogP contribution in [0.2, 0.25) is 0 Å². The van der Waals surface area contributed by atoms with Crippen molar-refractivity contribution in [3.05, 3.63) is 29.1 Å². The van der Waals surface area contributed by atoms with Crippen molar-refractivity contribution in [3.63, 3.8) is 0 Å². The van der Waals surface area contributed by atoms with Crippen LogP contribution in [-0.4, -0.2) is 21.6 Å². The highest BCUT2D eigenvalue weighted by Gasteiger charge is 2.48. The molecule has 1 aromatic carbocycles. The van der Waals surface area contributed by atoms with Crippen LogP contribution in [0.15, 0.2) is 17.0 Å². The molecule has 0 atom stereocenters. The summed E-state index contributed by atoms with van der Waals surface area (Å²) in [5.74, 6) is -1.59. The third kappa shape index (κ3) is 1.58. The molecule has 5 nitrogen and oxygen atoms in total. The number of hydrogen-bond donors (Lipinski definition) is 1. The molecular formula is C11H12FNO4S. The monoisotopic (exact) mass is 273 g/mol. The van der Waals surface area contributed by atoms with Crippen LogP contribution in [0.5, 0.6) is 0 Å². The van der Waals surface area contributed by atoms with Gasteiger partial charge in [0, 0.05) is 12.0 Å². The maximum absolute atomic E-state index is 13.7. The number of rotatable bonds is 1. The van der Waals surface area contributed by atoms with Crippen LogP contribution in [0.4, 0.5) is 4.39 Å². The van der Waals surface area contributed by atoms with Crippen LogP contribution < -0.4 is 5.14 Å². The van der Waals surface area contributed by atoms with Crippen molar-refractivity contribution in [2.45, 2.75) is 23.5 Å². The number of primary sulfonamides is 1. The second kappa shape index (κ2) is 3.74. The average Bonchev–Trinajstić information content (AvgIpc) is 2.88. The number of sulfonamides is 1. The van der Waals surface area contributed by atoms with Crippen LogP contribution in [0.25, 0.3) is 0 Å². The van der Waals surface area contributed by atoms with Gasteiger partial charge in [0.15, 0.2) is 5.79 Å². The van der Waals surface area contributed by atoms with Gasteiger partial charge in [0.05, 0.1) is 18.1 Å². The smallest absolute Gasteiger partial charge is 0.238 e. The Hall–Kier alpha value is -1.02. The van der Waals surface area contributed by atoms with Crippen LogP contribution in [-0.2, 0) is 31.7 Å². The minimum Gasteiger partial charge on any atom is -0.343 e. The predicted molar refractivity (Wildman–Crippen MR) is 59.7 cm³/mol. The Bertz CT molecular complexity index is 608. The molecule has 1 saturated heterocycles. The summed E-state index contributed by atoms with van der Waals surface area (Å²) < 4.78 is 47.9. The van der Waals surface area contributed by atoms with Crippen LogP contribution in [0, 0.1) is 5.82 Å². The third-order valence-electron chi connectivity index (χ3n) is 3.36.